The van der Waals surface area contributed by atoms with Crippen molar-refractivity contribution in [2.75, 3.05) is 33.4 Å². The van der Waals surface area contributed by atoms with Crippen LogP contribution in [0.25, 0.3) is 0 Å². The monoisotopic (exact) mass is 224 g/mol. The second kappa shape index (κ2) is 5.57. The molecule has 0 unspecified atom stereocenters. The van der Waals surface area contributed by atoms with E-state index >= 15 is 0 Å². The summed E-state index contributed by atoms with van der Waals surface area (Å²) in [5, 5.41) is 0. The van der Waals surface area contributed by atoms with Gasteiger partial charge in [-0.3, -0.25) is 0 Å². The molecule has 0 N–H and O–H groups in total. The van der Waals surface area contributed by atoms with Crippen LogP contribution in [0.2, 0.25) is 0 Å². The van der Waals surface area contributed by atoms with Crippen LogP contribution in [-0.4, -0.2) is 37.9 Å². The van der Waals surface area contributed by atoms with Crippen molar-refractivity contribution in [3.8, 4) is 0 Å². The van der Waals surface area contributed by atoms with Crippen LogP contribution in [0.15, 0.2) is 29.2 Å². The van der Waals surface area contributed by atoms with Crippen molar-refractivity contribution >= 4 is 11.8 Å². The third-order valence-corrected chi connectivity index (χ3v) is 3.36. The molecule has 0 bridgehead atoms. The second-order valence-corrected chi connectivity index (χ2v) is 6.20. The molecular weight excluding hydrogens is 202 g/mol. The first-order valence-corrected chi connectivity index (χ1v) is 6.46. The molecule has 0 aliphatic heterocycles. The van der Waals surface area contributed by atoms with Gasteiger partial charge in [0, 0.05) is 17.1 Å². The van der Waals surface area contributed by atoms with Crippen LogP contribution < -0.4 is 0 Å². The van der Waals surface area contributed by atoms with Crippen LogP contribution in [0.3, 0.4) is 0 Å². The van der Waals surface area contributed by atoms with Crippen LogP contribution in [0.5, 0.6) is 0 Å². The zero-order chi connectivity index (χ0) is 11.3. The maximum Gasteiger partial charge on any atom is 0.0788 e. The molecule has 0 heterocycles. The topological polar surface area (TPSA) is 0 Å². The average Bonchev–Trinajstić information content (AvgIpc) is 2.14. The number of rotatable bonds is 5. The van der Waals surface area contributed by atoms with Gasteiger partial charge in [-0.2, -0.15) is 0 Å². The Balaban J connectivity index is 2.23. The van der Waals surface area contributed by atoms with E-state index in [1.807, 2.05) is 11.8 Å². The minimum Gasteiger partial charge on any atom is -0.331 e. The van der Waals surface area contributed by atoms with E-state index in [-0.39, 0.29) is 0 Å². The Hall–Kier alpha value is -0.470. The van der Waals surface area contributed by atoms with Crippen LogP contribution in [0.1, 0.15) is 12.0 Å². The van der Waals surface area contributed by atoms with Crippen molar-refractivity contribution in [2.45, 2.75) is 18.2 Å². The fraction of sp³-hybridized carbons (Fsp3) is 0.538. The van der Waals surface area contributed by atoms with E-state index in [4.69, 9.17) is 0 Å². The van der Waals surface area contributed by atoms with Gasteiger partial charge in [0.25, 0.3) is 0 Å². The lowest BCUT2D eigenvalue weighted by molar-refractivity contribution is -0.870. The Labute approximate surface area is 98.1 Å². The highest BCUT2D eigenvalue weighted by Gasteiger charge is 2.05. The van der Waals surface area contributed by atoms with Crippen LogP contribution in [0, 0.1) is 6.92 Å². The maximum atomic E-state index is 2.25. The smallest absolute Gasteiger partial charge is 0.0788 e. The molecule has 1 aromatic carbocycles. The van der Waals surface area contributed by atoms with Gasteiger partial charge in [0.15, 0.2) is 0 Å². The highest BCUT2D eigenvalue weighted by atomic mass is 32.2. The fourth-order valence-electron chi connectivity index (χ4n) is 1.36. The van der Waals surface area contributed by atoms with Gasteiger partial charge in [-0.05, 0) is 19.1 Å². The molecule has 1 nitrogen and oxygen atoms in total. The van der Waals surface area contributed by atoms with Crippen molar-refractivity contribution in [3.63, 3.8) is 0 Å². The summed E-state index contributed by atoms with van der Waals surface area (Å²) in [5.41, 5.74) is 1.34. The summed E-state index contributed by atoms with van der Waals surface area (Å²) in [6.07, 6.45) is 1.28. The molecule has 0 spiro atoms. The number of quaternary nitrogens is 1. The fourth-order valence-corrected chi connectivity index (χ4v) is 2.20. The van der Waals surface area contributed by atoms with E-state index in [9.17, 15) is 0 Å². The van der Waals surface area contributed by atoms with Crippen LogP contribution in [-0.2, 0) is 0 Å². The van der Waals surface area contributed by atoms with Gasteiger partial charge in [0.1, 0.15) is 0 Å². The highest BCUT2D eigenvalue weighted by Crippen LogP contribution is 2.19. The Morgan fingerprint density at radius 2 is 1.67 bits per heavy atom. The molecule has 2 heteroatoms. The quantitative estimate of drug-likeness (QED) is 0.420. The number of thioether (sulfide) groups is 1. The summed E-state index contributed by atoms with van der Waals surface area (Å²) in [7, 11) is 6.74. The number of aryl methyl sites for hydroxylation is 1. The van der Waals surface area contributed by atoms with Crippen LogP contribution >= 0.6 is 11.8 Å². The molecule has 0 aliphatic rings. The highest BCUT2D eigenvalue weighted by molar-refractivity contribution is 7.99. The Morgan fingerprint density at radius 1 is 1.07 bits per heavy atom. The van der Waals surface area contributed by atoms with Gasteiger partial charge in [-0.25, -0.2) is 0 Å². The SMILES string of the molecule is Cc1ccc(SCCC[N+](C)(C)C)cc1. The molecule has 0 saturated carbocycles. The zero-order valence-corrected chi connectivity index (χ0v) is 11.1. The molecule has 15 heavy (non-hydrogen) atoms. The van der Waals surface area contributed by atoms with Crippen molar-refractivity contribution in [1.82, 2.24) is 0 Å². The molecule has 0 saturated heterocycles. The summed E-state index contributed by atoms with van der Waals surface area (Å²) in [6.45, 7) is 3.38. The summed E-state index contributed by atoms with van der Waals surface area (Å²) >= 11 is 1.96. The first-order valence-electron chi connectivity index (χ1n) is 5.47. The number of benzene rings is 1. The van der Waals surface area contributed by atoms with Gasteiger partial charge in [-0.15, -0.1) is 11.8 Å². The minimum atomic E-state index is 1.06. The Morgan fingerprint density at radius 3 is 2.20 bits per heavy atom. The number of hydrogen-bond donors (Lipinski definition) is 0. The first kappa shape index (κ1) is 12.6. The van der Waals surface area contributed by atoms with Crippen molar-refractivity contribution in [2.24, 2.45) is 0 Å². The molecule has 1 aromatic rings. The number of nitrogens with zero attached hydrogens (tertiary/aromatic N) is 1. The number of hydrogen-bond acceptors (Lipinski definition) is 1. The van der Waals surface area contributed by atoms with Gasteiger partial charge in [0.05, 0.1) is 27.7 Å². The average molecular weight is 224 g/mol. The third kappa shape index (κ3) is 5.85. The predicted molar refractivity (Wildman–Crippen MR) is 69.4 cm³/mol. The largest absolute Gasteiger partial charge is 0.331 e. The van der Waals surface area contributed by atoms with E-state index in [0.29, 0.717) is 0 Å². The van der Waals surface area contributed by atoms with E-state index in [1.54, 1.807) is 0 Å². The Kier molecular flexibility index (Phi) is 4.68. The molecule has 0 aliphatic carbocycles. The summed E-state index contributed by atoms with van der Waals surface area (Å²) in [6, 6.07) is 8.79. The van der Waals surface area contributed by atoms with Crippen molar-refractivity contribution in [1.29, 1.82) is 0 Å². The zero-order valence-electron chi connectivity index (χ0n) is 10.3. The minimum absolute atomic E-state index is 1.06. The molecule has 84 valence electrons. The molecule has 1 rings (SSSR count). The predicted octanol–water partition coefficient (Wildman–Crippen LogP) is 3.18. The van der Waals surface area contributed by atoms with Crippen molar-refractivity contribution in [3.05, 3.63) is 29.8 Å². The summed E-state index contributed by atoms with van der Waals surface area (Å²) in [4.78, 5) is 1.39. The van der Waals surface area contributed by atoms with E-state index in [0.717, 1.165) is 4.48 Å². The normalized spacial score (nSPS) is 11.7. The molecule has 0 aromatic heterocycles. The van der Waals surface area contributed by atoms with Crippen LogP contribution in [0.4, 0.5) is 0 Å². The molecule has 0 radical (unpaired) electrons. The molecular formula is C13H22NS+. The standard InChI is InChI=1S/C13H22NS/c1-12-6-8-13(9-7-12)15-11-5-10-14(2,3)4/h6-9H,5,10-11H2,1-4H3/q+1. The Bertz CT molecular complexity index is 284. The third-order valence-electron chi connectivity index (χ3n) is 2.26. The lowest BCUT2D eigenvalue weighted by Crippen LogP contribution is -2.35. The van der Waals surface area contributed by atoms with Gasteiger partial charge in [-0.1, -0.05) is 17.7 Å². The van der Waals surface area contributed by atoms with E-state index in [2.05, 4.69) is 52.3 Å². The lowest BCUT2D eigenvalue weighted by Gasteiger charge is -2.23. The van der Waals surface area contributed by atoms with Gasteiger partial charge < -0.3 is 4.48 Å². The van der Waals surface area contributed by atoms with E-state index in [1.165, 1.54) is 29.2 Å². The van der Waals surface area contributed by atoms with Crippen molar-refractivity contribution < 1.29 is 4.48 Å². The van der Waals surface area contributed by atoms with E-state index < -0.39 is 0 Å². The van der Waals surface area contributed by atoms with Gasteiger partial charge >= 0.3 is 0 Å². The first-order chi connectivity index (χ1) is 6.97. The van der Waals surface area contributed by atoms with Gasteiger partial charge in [0.2, 0.25) is 0 Å². The molecule has 0 amide bonds. The summed E-state index contributed by atoms with van der Waals surface area (Å²) in [5.74, 6) is 1.22. The molecule has 0 fully saturated rings. The summed E-state index contributed by atoms with van der Waals surface area (Å²) < 4.78 is 1.06. The maximum absolute atomic E-state index is 2.25. The second-order valence-electron chi connectivity index (χ2n) is 5.03. The lowest BCUT2D eigenvalue weighted by atomic mass is 10.2. The molecule has 0 atom stereocenters.